The zero-order valence-electron chi connectivity index (χ0n) is 20.0. The number of ether oxygens (including phenoxy) is 1. The minimum atomic E-state index is -0.312. The number of benzene rings is 4. The highest BCUT2D eigenvalue weighted by molar-refractivity contribution is 9.10. The maximum Gasteiger partial charge on any atom is 0.259 e. The van der Waals surface area contributed by atoms with Crippen LogP contribution in [0.4, 0.5) is 5.69 Å². The van der Waals surface area contributed by atoms with E-state index in [1.165, 1.54) is 5.56 Å². The van der Waals surface area contributed by atoms with Crippen LogP contribution in [0.25, 0.3) is 0 Å². The van der Waals surface area contributed by atoms with Crippen molar-refractivity contribution in [2.45, 2.75) is 13.0 Å². The zero-order valence-corrected chi connectivity index (χ0v) is 21.6. The summed E-state index contributed by atoms with van der Waals surface area (Å²) in [6.45, 7) is 0.946. The Morgan fingerprint density at radius 1 is 0.833 bits per heavy atom. The molecule has 0 aliphatic rings. The SMILES string of the molecule is CN(Cc1ccccc1)C(=O)c1cccc(NC(=O)c2cc(Br)ccc2OCCc2ccccc2)c1. The summed E-state index contributed by atoms with van der Waals surface area (Å²) in [4.78, 5) is 27.8. The van der Waals surface area contributed by atoms with Gasteiger partial charge in [-0.3, -0.25) is 9.59 Å². The predicted molar refractivity (Wildman–Crippen MR) is 146 cm³/mol. The molecular weight excluding hydrogens is 516 g/mol. The summed E-state index contributed by atoms with van der Waals surface area (Å²) in [6.07, 6.45) is 0.735. The Balaban J connectivity index is 1.43. The predicted octanol–water partition coefficient (Wildman–Crippen LogP) is 6.60. The molecule has 0 radical (unpaired) electrons. The molecule has 6 heteroatoms. The number of amides is 2. The van der Waals surface area contributed by atoms with Gasteiger partial charge >= 0.3 is 0 Å². The van der Waals surface area contributed by atoms with Gasteiger partial charge in [-0.1, -0.05) is 82.7 Å². The highest BCUT2D eigenvalue weighted by atomic mass is 79.9. The minimum Gasteiger partial charge on any atom is -0.492 e. The Labute approximate surface area is 219 Å². The Morgan fingerprint density at radius 3 is 2.25 bits per heavy atom. The number of hydrogen-bond acceptors (Lipinski definition) is 3. The molecular formula is C30H27BrN2O3. The van der Waals surface area contributed by atoms with Gasteiger partial charge in [0.1, 0.15) is 5.75 Å². The van der Waals surface area contributed by atoms with Crippen LogP contribution in [0.5, 0.6) is 5.75 Å². The smallest absolute Gasteiger partial charge is 0.259 e. The summed E-state index contributed by atoms with van der Waals surface area (Å²) < 4.78 is 6.74. The van der Waals surface area contributed by atoms with Crippen LogP contribution >= 0.6 is 15.9 Å². The molecule has 36 heavy (non-hydrogen) atoms. The van der Waals surface area contributed by atoms with E-state index in [0.29, 0.717) is 35.7 Å². The van der Waals surface area contributed by atoms with Gasteiger partial charge in [-0.15, -0.1) is 0 Å². The standard InChI is InChI=1S/C30H27BrN2O3/c1-33(21-23-11-6-3-7-12-23)30(35)24-13-8-14-26(19-24)32-29(34)27-20-25(31)15-16-28(27)36-18-17-22-9-4-2-5-10-22/h2-16,19-20H,17-18,21H2,1H3,(H,32,34). The molecule has 182 valence electrons. The fraction of sp³-hybridized carbons (Fsp3) is 0.133. The molecule has 0 atom stereocenters. The van der Waals surface area contributed by atoms with Crippen LogP contribution in [0.2, 0.25) is 0 Å². The summed E-state index contributed by atoms with van der Waals surface area (Å²) in [7, 11) is 1.77. The number of anilines is 1. The molecule has 0 fully saturated rings. The molecule has 0 saturated heterocycles. The van der Waals surface area contributed by atoms with Crippen molar-refractivity contribution >= 4 is 33.4 Å². The van der Waals surface area contributed by atoms with E-state index >= 15 is 0 Å². The van der Waals surface area contributed by atoms with Crippen LogP contribution in [-0.4, -0.2) is 30.4 Å². The molecule has 0 aromatic heterocycles. The van der Waals surface area contributed by atoms with E-state index in [-0.39, 0.29) is 11.8 Å². The maximum atomic E-state index is 13.2. The molecule has 0 unspecified atom stereocenters. The highest BCUT2D eigenvalue weighted by Gasteiger charge is 2.16. The molecule has 4 aromatic rings. The maximum absolute atomic E-state index is 13.2. The summed E-state index contributed by atoms with van der Waals surface area (Å²) in [5, 5.41) is 2.91. The van der Waals surface area contributed by atoms with E-state index in [1.807, 2.05) is 66.7 Å². The highest BCUT2D eigenvalue weighted by Crippen LogP contribution is 2.25. The number of nitrogens with zero attached hydrogens (tertiary/aromatic N) is 1. The van der Waals surface area contributed by atoms with Gasteiger partial charge in [-0.05, 0) is 47.5 Å². The molecule has 2 amide bonds. The summed E-state index contributed by atoms with van der Waals surface area (Å²) >= 11 is 3.44. The van der Waals surface area contributed by atoms with Crippen LogP contribution < -0.4 is 10.1 Å². The third-order valence-corrected chi connectivity index (χ3v) is 6.15. The molecule has 5 nitrogen and oxygen atoms in total. The van der Waals surface area contributed by atoms with Crippen molar-refractivity contribution in [2.75, 3.05) is 19.0 Å². The first-order valence-corrected chi connectivity index (χ1v) is 12.5. The zero-order chi connectivity index (χ0) is 25.3. The fourth-order valence-electron chi connectivity index (χ4n) is 3.81. The number of hydrogen-bond donors (Lipinski definition) is 1. The van der Waals surface area contributed by atoms with E-state index in [4.69, 9.17) is 4.74 Å². The van der Waals surface area contributed by atoms with E-state index in [0.717, 1.165) is 16.5 Å². The summed E-state index contributed by atoms with van der Waals surface area (Å²) in [5.74, 6) is 0.0667. The summed E-state index contributed by atoms with van der Waals surface area (Å²) in [5.41, 5.74) is 3.66. The molecule has 0 aliphatic carbocycles. The van der Waals surface area contributed by atoms with E-state index in [9.17, 15) is 9.59 Å². The lowest BCUT2D eigenvalue weighted by Gasteiger charge is -2.18. The molecule has 0 saturated carbocycles. The van der Waals surface area contributed by atoms with Crippen molar-refractivity contribution in [3.63, 3.8) is 0 Å². The van der Waals surface area contributed by atoms with E-state index < -0.39 is 0 Å². The molecule has 4 aromatic carbocycles. The number of carbonyl (C=O) groups is 2. The molecule has 0 spiro atoms. The van der Waals surface area contributed by atoms with Gasteiger partial charge < -0.3 is 15.0 Å². The van der Waals surface area contributed by atoms with Crippen LogP contribution in [-0.2, 0) is 13.0 Å². The van der Waals surface area contributed by atoms with Crippen molar-refractivity contribution in [3.8, 4) is 5.75 Å². The second-order valence-corrected chi connectivity index (χ2v) is 9.32. The minimum absolute atomic E-state index is 0.123. The monoisotopic (exact) mass is 542 g/mol. The number of nitrogens with one attached hydrogen (secondary N) is 1. The lowest BCUT2D eigenvalue weighted by Crippen LogP contribution is -2.26. The molecule has 0 bridgehead atoms. The average Bonchev–Trinajstić information content (AvgIpc) is 2.90. The number of carbonyl (C=O) groups excluding carboxylic acids is 2. The Morgan fingerprint density at radius 2 is 1.53 bits per heavy atom. The lowest BCUT2D eigenvalue weighted by molar-refractivity contribution is 0.0784. The average molecular weight is 543 g/mol. The fourth-order valence-corrected chi connectivity index (χ4v) is 4.17. The lowest BCUT2D eigenvalue weighted by atomic mass is 10.1. The first kappa shape index (κ1) is 25.2. The third kappa shape index (κ3) is 6.83. The second-order valence-electron chi connectivity index (χ2n) is 8.41. The van der Waals surface area contributed by atoms with Crippen molar-refractivity contribution in [3.05, 3.63) is 130 Å². The van der Waals surface area contributed by atoms with E-state index in [2.05, 4.69) is 21.2 Å². The van der Waals surface area contributed by atoms with Crippen LogP contribution in [0.3, 0.4) is 0 Å². The van der Waals surface area contributed by atoms with Gasteiger partial charge in [0.2, 0.25) is 0 Å². The Kier molecular flexibility index (Phi) is 8.53. The third-order valence-electron chi connectivity index (χ3n) is 5.65. The van der Waals surface area contributed by atoms with Crippen LogP contribution in [0.1, 0.15) is 31.8 Å². The Hall–Kier alpha value is -3.90. The molecule has 0 aliphatic heterocycles. The number of halogens is 1. The van der Waals surface area contributed by atoms with E-state index in [1.54, 1.807) is 48.3 Å². The van der Waals surface area contributed by atoms with Crippen molar-refractivity contribution in [1.82, 2.24) is 4.90 Å². The van der Waals surface area contributed by atoms with Gasteiger partial charge in [-0.25, -0.2) is 0 Å². The quantitative estimate of drug-likeness (QED) is 0.259. The van der Waals surface area contributed by atoms with Crippen LogP contribution in [0, 0.1) is 0 Å². The van der Waals surface area contributed by atoms with Crippen molar-refractivity contribution in [2.24, 2.45) is 0 Å². The Bertz CT molecular complexity index is 1330. The van der Waals surface area contributed by atoms with Gasteiger partial charge in [0.05, 0.1) is 12.2 Å². The topological polar surface area (TPSA) is 58.6 Å². The molecule has 4 rings (SSSR count). The first-order valence-electron chi connectivity index (χ1n) is 11.7. The normalized spacial score (nSPS) is 10.5. The first-order chi connectivity index (χ1) is 17.5. The molecule has 1 N–H and O–H groups in total. The van der Waals surface area contributed by atoms with Gasteiger partial charge in [0, 0.05) is 35.7 Å². The van der Waals surface area contributed by atoms with Gasteiger partial charge in [-0.2, -0.15) is 0 Å². The second kappa shape index (κ2) is 12.2. The van der Waals surface area contributed by atoms with Crippen molar-refractivity contribution in [1.29, 1.82) is 0 Å². The number of rotatable bonds is 9. The van der Waals surface area contributed by atoms with Crippen molar-refractivity contribution < 1.29 is 14.3 Å². The largest absolute Gasteiger partial charge is 0.492 e. The molecule has 0 heterocycles. The van der Waals surface area contributed by atoms with Crippen LogP contribution in [0.15, 0.2) is 108 Å². The van der Waals surface area contributed by atoms with Gasteiger partial charge in [0.25, 0.3) is 11.8 Å². The summed E-state index contributed by atoms with van der Waals surface area (Å²) in [6, 6.07) is 32.2. The van der Waals surface area contributed by atoms with Gasteiger partial charge in [0.15, 0.2) is 0 Å².